The lowest BCUT2D eigenvalue weighted by atomic mass is 10.2. The molecule has 1 fully saturated rings. The minimum atomic E-state index is 0.658. The highest BCUT2D eigenvalue weighted by atomic mass is 79.9. The van der Waals surface area contributed by atoms with Crippen LogP contribution in [0.1, 0.15) is 33.1 Å². The van der Waals surface area contributed by atoms with Crippen molar-refractivity contribution in [2.75, 3.05) is 11.9 Å². The van der Waals surface area contributed by atoms with Crippen LogP contribution >= 0.6 is 27.7 Å². The summed E-state index contributed by atoms with van der Waals surface area (Å²) in [5, 5.41) is 3.02. The van der Waals surface area contributed by atoms with E-state index >= 15 is 0 Å². The quantitative estimate of drug-likeness (QED) is 0.726. The van der Waals surface area contributed by atoms with Gasteiger partial charge in [-0.15, -0.1) is 0 Å². The molecular weight excluding hydrogens is 272 g/mol. The number of nitrogens with zero attached hydrogens (tertiary/aromatic N) is 2. The summed E-state index contributed by atoms with van der Waals surface area (Å²) in [5.41, 5.74) is 0. The first-order chi connectivity index (χ1) is 7.26. The zero-order valence-electron chi connectivity index (χ0n) is 9.45. The lowest BCUT2D eigenvalue weighted by Crippen LogP contribution is -2.37. The molecule has 0 saturated carbocycles. The van der Waals surface area contributed by atoms with E-state index in [1.807, 2.05) is 11.8 Å². The van der Waals surface area contributed by atoms with Crippen molar-refractivity contribution in [3.8, 4) is 0 Å². The molecule has 0 bridgehead atoms. The maximum absolute atomic E-state index is 4.69. The third kappa shape index (κ3) is 2.36. The average Bonchev–Trinajstić information content (AvgIpc) is 2.83. The Morgan fingerprint density at radius 1 is 1.53 bits per heavy atom. The van der Waals surface area contributed by atoms with Gasteiger partial charge < -0.3 is 4.90 Å². The van der Waals surface area contributed by atoms with Crippen molar-refractivity contribution in [2.45, 2.75) is 50.4 Å². The number of halogens is 1. The molecule has 2 nitrogen and oxygen atoms in total. The summed E-state index contributed by atoms with van der Waals surface area (Å²) in [6.45, 7) is 5.61. The average molecular weight is 291 g/mol. The van der Waals surface area contributed by atoms with E-state index in [9.17, 15) is 0 Å². The van der Waals surface area contributed by atoms with E-state index in [2.05, 4.69) is 34.7 Å². The molecule has 2 rings (SSSR count). The summed E-state index contributed by atoms with van der Waals surface area (Å²) >= 11 is 5.51. The van der Waals surface area contributed by atoms with Gasteiger partial charge in [0.25, 0.3) is 0 Å². The second kappa shape index (κ2) is 5.09. The number of thioether (sulfide) groups is 1. The minimum Gasteiger partial charge on any atom is -0.346 e. The van der Waals surface area contributed by atoms with Crippen LogP contribution in [0.5, 0.6) is 0 Å². The number of amidine groups is 1. The van der Waals surface area contributed by atoms with Crippen molar-refractivity contribution in [1.82, 2.24) is 4.90 Å². The van der Waals surface area contributed by atoms with Crippen LogP contribution in [0, 0.1) is 0 Å². The molecule has 2 heterocycles. The zero-order valence-corrected chi connectivity index (χ0v) is 11.9. The first-order valence-electron chi connectivity index (χ1n) is 5.81. The molecule has 3 unspecified atom stereocenters. The van der Waals surface area contributed by atoms with Gasteiger partial charge in [0, 0.05) is 22.7 Å². The van der Waals surface area contributed by atoms with Gasteiger partial charge in [0.2, 0.25) is 0 Å². The normalized spacial score (nSPS) is 36.1. The highest BCUT2D eigenvalue weighted by Gasteiger charge is 2.34. The molecule has 0 aliphatic carbocycles. The Morgan fingerprint density at radius 2 is 2.33 bits per heavy atom. The summed E-state index contributed by atoms with van der Waals surface area (Å²) in [6, 6.07) is 1.43. The molecule has 0 aromatic rings. The third-order valence-electron chi connectivity index (χ3n) is 3.35. The second-order valence-electron chi connectivity index (χ2n) is 4.41. The van der Waals surface area contributed by atoms with Crippen molar-refractivity contribution < 1.29 is 0 Å². The summed E-state index contributed by atoms with van der Waals surface area (Å²) in [4.78, 5) is 7.26. The number of aliphatic imine (C=N–C) groups is 1. The highest BCUT2D eigenvalue weighted by molar-refractivity contribution is 9.09. The van der Waals surface area contributed by atoms with Crippen LogP contribution in [-0.2, 0) is 0 Å². The SMILES string of the molecule is CCC1CCC(C)N1C1=NCC(CBr)S1. The Hall–Kier alpha value is 0.300. The Bertz CT molecular complexity index is 257. The minimum absolute atomic E-state index is 0.658. The molecule has 0 aromatic heterocycles. The topological polar surface area (TPSA) is 15.6 Å². The first-order valence-corrected chi connectivity index (χ1v) is 7.81. The van der Waals surface area contributed by atoms with Crippen LogP contribution in [0.15, 0.2) is 4.99 Å². The van der Waals surface area contributed by atoms with Crippen molar-refractivity contribution in [3.63, 3.8) is 0 Å². The monoisotopic (exact) mass is 290 g/mol. The van der Waals surface area contributed by atoms with Gasteiger partial charge in [-0.25, -0.2) is 0 Å². The van der Waals surface area contributed by atoms with Gasteiger partial charge in [0.15, 0.2) is 5.17 Å². The van der Waals surface area contributed by atoms with E-state index in [1.165, 1.54) is 24.4 Å². The summed E-state index contributed by atoms with van der Waals surface area (Å²) < 4.78 is 0. The largest absolute Gasteiger partial charge is 0.346 e. The van der Waals surface area contributed by atoms with E-state index in [-0.39, 0.29) is 0 Å². The van der Waals surface area contributed by atoms with Crippen LogP contribution in [0.25, 0.3) is 0 Å². The van der Waals surface area contributed by atoms with Crippen molar-refractivity contribution in [1.29, 1.82) is 0 Å². The van der Waals surface area contributed by atoms with Crippen molar-refractivity contribution in [3.05, 3.63) is 0 Å². The molecule has 3 atom stereocenters. The molecule has 0 aromatic carbocycles. The molecule has 86 valence electrons. The molecule has 15 heavy (non-hydrogen) atoms. The van der Waals surface area contributed by atoms with Crippen LogP contribution < -0.4 is 0 Å². The molecule has 0 radical (unpaired) electrons. The second-order valence-corrected chi connectivity index (χ2v) is 6.33. The van der Waals surface area contributed by atoms with Crippen molar-refractivity contribution >= 4 is 32.9 Å². The fraction of sp³-hybridized carbons (Fsp3) is 0.909. The van der Waals surface area contributed by atoms with Gasteiger partial charge in [-0.05, 0) is 26.2 Å². The molecule has 0 spiro atoms. The summed E-state index contributed by atoms with van der Waals surface area (Å²) in [5.74, 6) is 0. The van der Waals surface area contributed by atoms with E-state index in [4.69, 9.17) is 4.99 Å². The summed E-state index contributed by atoms with van der Waals surface area (Å²) in [6.07, 6.45) is 3.93. The molecule has 2 aliphatic rings. The number of hydrogen-bond donors (Lipinski definition) is 0. The molecule has 1 saturated heterocycles. The summed E-state index contributed by atoms with van der Waals surface area (Å²) in [7, 11) is 0. The molecule has 0 amide bonds. The fourth-order valence-corrected chi connectivity index (χ4v) is 4.15. The number of likely N-dealkylation sites (tertiary alicyclic amines) is 1. The standard InChI is InChI=1S/C11H19BrN2S/c1-3-9-5-4-8(2)14(9)11-13-7-10(6-12)15-11/h8-10H,3-7H2,1-2H3. The maximum atomic E-state index is 4.69. The van der Waals surface area contributed by atoms with E-state index in [0.29, 0.717) is 11.3 Å². The van der Waals surface area contributed by atoms with Crippen LogP contribution in [0.4, 0.5) is 0 Å². The van der Waals surface area contributed by atoms with Gasteiger partial charge in [-0.3, -0.25) is 4.99 Å². The smallest absolute Gasteiger partial charge is 0.160 e. The number of alkyl halides is 1. The van der Waals surface area contributed by atoms with Gasteiger partial charge in [-0.2, -0.15) is 0 Å². The van der Waals surface area contributed by atoms with Crippen molar-refractivity contribution in [2.24, 2.45) is 4.99 Å². The van der Waals surface area contributed by atoms with E-state index < -0.39 is 0 Å². The molecular formula is C11H19BrN2S. The number of hydrogen-bond acceptors (Lipinski definition) is 3. The maximum Gasteiger partial charge on any atom is 0.160 e. The molecule has 4 heteroatoms. The number of rotatable bonds is 2. The van der Waals surface area contributed by atoms with Gasteiger partial charge >= 0.3 is 0 Å². The van der Waals surface area contributed by atoms with Gasteiger partial charge in [0.1, 0.15) is 0 Å². The lowest BCUT2D eigenvalue weighted by molar-refractivity contribution is 0.327. The van der Waals surface area contributed by atoms with Crippen LogP contribution in [0.2, 0.25) is 0 Å². The Balaban J connectivity index is 2.03. The van der Waals surface area contributed by atoms with Gasteiger partial charge in [-0.1, -0.05) is 34.6 Å². The Labute approximate surface area is 105 Å². The first kappa shape index (κ1) is 11.8. The van der Waals surface area contributed by atoms with Crippen LogP contribution in [-0.4, -0.2) is 39.3 Å². The Kier molecular flexibility index (Phi) is 3.99. The Morgan fingerprint density at radius 3 is 2.93 bits per heavy atom. The predicted octanol–water partition coefficient (Wildman–Crippen LogP) is 3.12. The predicted molar refractivity (Wildman–Crippen MR) is 72.1 cm³/mol. The zero-order chi connectivity index (χ0) is 10.8. The third-order valence-corrected chi connectivity index (χ3v) is 5.76. The van der Waals surface area contributed by atoms with E-state index in [0.717, 1.165) is 17.9 Å². The van der Waals surface area contributed by atoms with E-state index in [1.54, 1.807) is 0 Å². The lowest BCUT2D eigenvalue weighted by Gasteiger charge is -2.29. The molecule has 0 N–H and O–H groups in total. The fourth-order valence-electron chi connectivity index (χ4n) is 2.44. The molecule has 2 aliphatic heterocycles. The highest BCUT2D eigenvalue weighted by Crippen LogP contribution is 2.33. The van der Waals surface area contributed by atoms with Gasteiger partial charge in [0.05, 0.1) is 6.54 Å². The van der Waals surface area contributed by atoms with Crippen LogP contribution in [0.3, 0.4) is 0 Å².